The Bertz CT molecular complexity index is 597. The molecule has 1 unspecified atom stereocenters. The molecule has 1 aliphatic rings. The minimum absolute atomic E-state index is 0.287. The lowest BCUT2D eigenvalue weighted by molar-refractivity contribution is 0.243. The van der Waals surface area contributed by atoms with E-state index in [1.807, 2.05) is 38.1 Å². The smallest absolute Gasteiger partial charge is 0.282 e. The number of furan rings is 1. The molecule has 0 aromatic carbocycles. The van der Waals surface area contributed by atoms with Crippen molar-refractivity contribution in [2.24, 2.45) is 5.92 Å². The molecule has 1 saturated heterocycles. The molecule has 1 atom stereocenters. The fraction of sp³-hybridized carbons (Fsp3) is 0.750. The van der Waals surface area contributed by atoms with Crippen LogP contribution in [0.1, 0.15) is 31.3 Å². The van der Waals surface area contributed by atoms with Gasteiger partial charge >= 0.3 is 0 Å². The van der Waals surface area contributed by atoms with E-state index in [1.54, 1.807) is 8.61 Å². The minimum atomic E-state index is -3.46. The maximum atomic E-state index is 13.0. The predicted molar refractivity (Wildman–Crippen MR) is 91.3 cm³/mol. The van der Waals surface area contributed by atoms with E-state index in [0.29, 0.717) is 37.9 Å². The first kappa shape index (κ1) is 18.4. The van der Waals surface area contributed by atoms with Gasteiger partial charge in [0.15, 0.2) is 0 Å². The third-order valence-corrected chi connectivity index (χ3v) is 6.15. The van der Waals surface area contributed by atoms with Crippen molar-refractivity contribution < 1.29 is 12.8 Å². The summed E-state index contributed by atoms with van der Waals surface area (Å²) < 4.78 is 34.9. The summed E-state index contributed by atoms with van der Waals surface area (Å²) in [6, 6.07) is 3.72. The van der Waals surface area contributed by atoms with Crippen LogP contribution in [-0.2, 0) is 16.8 Å². The normalized spacial score (nSPS) is 20.5. The number of hydrogen-bond acceptors (Lipinski definition) is 4. The second-order valence-corrected chi connectivity index (χ2v) is 8.69. The van der Waals surface area contributed by atoms with Crippen LogP contribution in [-0.4, -0.2) is 62.2 Å². The summed E-state index contributed by atoms with van der Waals surface area (Å²) in [5.74, 6) is 1.91. The van der Waals surface area contributed by atoms with Gasteiger partial charge in [-0.25, -0.2) is 0 Å². The Hall–Kier alpha value is -0.890. The number of aryl methyl sites for hydroxylation is 1. The van der Waals surface area contributed by atoms with Gasteiger partial charge in [-0.05, 0) is 51.9 Å². The summed E-state index contributed by atoms with van der Waals surface area (Å²) in [7, 11) is 0.437. The Kier molecular flexibility index (Phi) is 6.25. The monoisotopic (exact) mass is 343 g/mol. The highest BCUT2D eigenvalue weighted by Crippen LogP contribution is 2.22. The molecule has 1 aliphatic heterocycles. The third-order valence-electron chi connectivity index (χ3n) is 4.20. The van der Waals surface area contributed by atoms with Gasteiger partial charge < -0.3 is 9.32 Å². The van der Waals surface area contributed by atoms with Gasteiger partial charge in [-0.3, -0.25) is 0 Å². The molecule has 2 heterocycles. The number of hydrogen-bond donors (Lipinski definition) is 0. The van der Waals surface area contributed by atoms with Gasteiger partial charge in [0.25, 0.3) is 10.2 Å². The predicted octanol–water partition coefficient (Wildman–Crippen LogP) is 1.93. The number of nitrogens with zero attached hydrogens (tertiary/aromatic N) is 3. The van der Waals surface area contributed by atoms with E-state index in [4.69, 9.17) is 4.42 Å². The van der Waals surface area contributed by atoms with Gasteiger partial charge in [-0.15, -0.1) is 0 Å². The van der Waals surface area contributed by atoms with Crippen molar-refractivity contribution in [3.63, 3.8) is 0 Å². The van der Waals surface area contributed by atoms with Crippen molar-refractivity contribution in [3.05, 3.63) is 23.7 Å². The summed E-state index contributed by atoms with van der Waals surface area (Å²) in [5, 5.41) is 0. The zero-order chi connectivity index (χ0) is 17.0. The first-order valence-corrected chi connectivity index (χ1v) is 9.64. The fourth-order valence-corrected chi connectivity index (χ4v) is 4.58. The molecule has 2 rings (SSSR count). The standard InChI is InChI=1S/C16H29N3O3S/c1-14-6-5-9-18(12-14)23(20,21)19(11-10-17(3)4)13-16-8-7-15(2)22-16/h7-8,14H,5-6,9-13H2,1-4H3. The van der Waals surface area contributed by atoms with Crippen molar-refractivity contribution >= 4 is 10.2 Å². The van der Waals surface area contributed by atoms with E-state index >= 15 is 0 Å². The van der Waals surface area contributed by atoms with E-state index in [9.17, 15) is 8.42 Å². The summed E-state index contributed by atoms with van der Waals surface area (Å²) in [5.41, 5.74) is 0. The zero-order valence-corrected chi connectivity index (χ0v) is 15.5. The second kappa shape index (κ2) is 7.79. The van der Waals surface area contributed by atoms with Crippen molar-refractivity contribution in [2.45, 2.75) is 33.2 Å². The van der Waals surface area contributed by atoms with Crippen LogP contribution in [0.4, 0.5) is 0 Å². The first-order valence-electron chi connectivity index (χ1n) is 8.24. The number of rotatable bonds is 7. The quantitative estimate of drug-likeness (QED) is 0.759. The lowest BCUT2D eigenvalue weighted by atomic mass is 10.0. The van der Waals surface area contributed by atoms with Crippen molar-refractivity contribution in [1.82, 2.24) is 13.5 Å². The Morgan fingerprint density at radius 3 is 2.61 bits per heavy atom. The first-order chi connectivity index (χ1) is 10.8. The number of piperidine rings is 1. The largest absolute Gasteiger partial charge is 0.465 e. The molecule has 0 radical (unpaired) electrons. The molecule has 0 spiro atoms. The van der Waals surface area contributed by atoms with Crippen LogP contribution in [0.15, 0.2) is 16.5 Å². The molecule has 0 N–H and O–H groups in total. The zero-order valence-electron chi connectivity index (χ0n) is 14.7. The summed E-state index contributed by atoms with van der Waals surface area (Å²) >= 11 is 0. The highest BCUT2D eigenvalue weighted by molar-refractivity contribution is 7.86. The van der Waals surface area contributed by atoms with Gasteiger partial charge in [0.2, 0.25) is 0 Å². The Labute approximate surface area is 140 Å². The second-order valence-electron chi connectivity index (χ2n) is 6.76. The van der Waals surface area contributed by atoms with Crippen LogP contribution in [0.5, 0.6) is 0 Å². The molecule has 6 nitrogen and oxygen atoms in total. The molecule has 1 aromatic heterocycles. The van der Waals surface area contributed by atoms with Crippen molar-refractivity contribution in [1.29, 1.82) is 0 Å². The molecule has 1 aromatic rings. The van der Waals surface area contributed by atoms with E-state index < -0.39 is 10.2 Å². The lowest BCUT2D eigenvalue weighted by Gasteiger charge is -2.34. The van der Waals surface area contributed by atoms with Crippen LogP contribution in [0.2, 0.25) is 0 Å². The van der Waals surface area contributed by atoms with Crippen LogP contribution < -0.4 is 0 Å². The molecule has 0 saturated carbocycles. The molecule has 0 bridgehead atoms. The van der Waals surface area contributed by atoms with E-state index in [1.165, 1.54) is 0 Å². The Morgan fingerprint density at radius 2 is 2.04 bits per heavy atom. The highest BCUT2D eigenvalue weighted by Gasteiger charge is 2.33. The van der Waals surface area contributed by atoms with E-state index in [0.717, 1.165) is 18.6 Å². The highest BCUT2D eigenvalue weighted by atomic mass is 32.2. The van der Waals surface area contributed by atoms with Gasteiger partial charge in [0.05, 0.1) is 6.54 Å². The van der Waals surface area contributed by atoms with Crippen LogP contribution in [0, 0.1) is 12.8 Å². The fourth-order valence-electron chi connectivity index (χ4n) is 2.85. The molecule has 0 amide bonds. The Balaban J connectivity index is 2.16. The molecule has 132 valence electrons. The lowest BCUT2D eigenvalue weighted by Crippen LogP contribution is -2.48. The summed E-state index contributed by atoms with van der Waals surface area (Å²) in [6.45, 7) is 6.63. The average molecular weight is 343 g/mol. The molecular weight excluding hydrogens is 314 g/mol. The van der Waals surface area contributed by atoms with Crippen LogP contribution >= 0.6 is 0 Å². The van der Waals surface area contributed by atoms with Gasteiger partial charge in [-0.1, -0.05) is 6.92 Å². The topological polar surface area (TPSA) is 57.0 Å². The minimum Gasteiger partial charge on any atom is -0.465 e. The van der Waals surface area contributed by atoms with Crippen molar-refractivity contribution in [3.8, 4) is 0 Å². The van der Waals surface area contributed by atoms with Crippen molar-refractivity contribution in [2.75, 3.05) is 40.3 Å². The molecule has 0 aliphatic carbocycles. The maximum Gasteiger partial charge on any atom is 0.282 e. The van der Waals surface area contributed by atoms with Gasteiger partial charge in [-0.2, -0.15) is 17.0 Å². The van der Waals surface area contributed by atoms with E-state index in [-0.39, 0.29) is 6.54 Å². The molecule has 1 fully saturated rings. The van der Waals surface area contributed by atoms with Gasteiger partial charge in [0.1, 0.15) is 11.5 Å². The van der Waals surface area contributed by atoms with E-state index in [2.05, 4.69) is 6.92 Å². The molecule has 23 heavy (non-hydrogen) atoms. The van der Waals surface area contributed by atoms with Crippen LogP contribution in [0.25, 0.3) is 0 Å². The SMILES string of the molecule is Cc1ccc(CN(CCN(C)C)S(=O)(=O)N2CCCC(C)C2)o1. The summed E-state index contributed by atoms with van der Waals surface area (Å²) in [4.78, 5) is 1.99. The number of likely N-dealkylation sites (N-methyl/N-ethyl adjacent to an activating group) is 1. The van der Waals surface area contributed by atoms with Gasteiger partial charge in [0, 0.05) is 26.2 Å². The third kappa shape index (κ3) is 5.04. The molecular formula is C16H29N3O3S. The Morgan fingerprint density at radius 1 is 1.30 bits per heavy atom. The molecule has 7 heteroatoms. The van der Waals surface area contributed by atoms with Crippen LogP contribution in [0.3, 0.4) is 0 Å². The maximum absolute atomic E-state index is 13.0. The summed E-state index contributed by atoms with van der Waals surface area (Å²) in [6.07, 6.45) is 2.03. The average Bonchev–Trinajstić information content (AvgIpc) is 2.88.